The lowest BCUT2D eigenvalue weighted by atomic mass is 9.99. The lowest BCUT2D eigenvalue weighted by Gasteiger charge is -2.14. The van der Waals surface area contributed by atoms with Gasteiger partial charge in [-0.3, -0.25) is 9.97 Å². The lowest BCUT2D eigenvalue weighted by molar-refractivity contribution is 0.483. The van der Waals surface area contributed by atoms with Crippen molar-refractivity contribution in [3.63, 3.8) is 0 Å². The summed E-state index contributed by atoms with van der Waals surface area (Å²) in [4.78, 5) is 12.4. The van der Waals surface area contributed by atoms with Crippen molar-refractivity contribution in [2.75, 3.05) is 0 Å². The van der Waals surface area contributed by atoms with Crippen molar-refractivity contribution in [1.29, 1.82) is 0 Å². The molecule has 0 radical (unpaired) electrons. The summed E-state index contributed by atoms with van der Waals surface area (Å²) in [5, 5.41) is 2.35. The fourth-order valence-corrected chi connectivity index (χ4v) is 9.49. The van der Waals surface area contributed by atoms with E-state index in [1.54, 1.807) is 22.7 Å². The van der Waals surface area contributed by atoms with E-state index in [2.05, 4.69) is 170 Å². The molecule has 0 atom stereocenters. The topological polar surface area (TPSA) is 35.0 Å². The molecule has 4 heterocycles. The Balaban J connectivity index is 1.11. The first-order chi connectivity index (χ1) is 27.2. The predicted octanol–water partition coefficient (Wildman–Crippen LogP) is 14.7. The summed E-state index contributed by atoms with van der Waals surface area (Å²) in [5.74, 6) is 1.47. The van der Waals surface area contributed by atoms with Gasteiger partial charge in [-0.15, -0.1) is 22.7 Å². The van der Waals surface area contributed by atoms with Gasteiger partial charge in [0.25, 0.3) is 0 Å². The van der Waals surface area contributed by atoms with Crippen molar-refractivity contribution >= 4 is 42.8 Å². The quantitative estimate of drug-likeness (QED) is 0.156. The maximum atomic E-state index is 6.95. The van der Waals surface area contributed by atoms with Gasteiger partial charge in [0.2, 0.25) is 0 Å². The van der Waals surface area contributed by atoms with E-state index in [1.165, 1.54) is 31.7 Å². The summed E-state index contributed by atoms with van der Waals surface area (Å²) in [7, 11) is 0. The monoisotopic (exact) mass is 740 g/mol. The van der Waals surface area contributed by atoms with Gasteiger partial charge >= 0.3 is 0 Å². The molecular formula is C50H32N2OS2. The van der Waals surface area contributed by atoms with Gasteiger partial charge in [0.05, 0.1) is 20.8 Å². The second-order valence-electron chi connectivity index (χ2n) is 13.4. The lowest BCUT2D eigenvalue weighted by Crippen LogP contribution is -1.92. The van der Waals surface area contributed by atoms with Crippen LogP contribution in [-0.4, -0.2) is 9.97 Å². The Hall–Kier alpha value is -6.66. The largest absolute Gasteiger partial charge is 0.457 e. The van der Waals surface area contributed by atoms with Crippen molar-refractivity contribution in [3.8, 4) is 77.1 Å². The van der Waals surface area contributed by atoms with Gasteiger partial charge in [0, 0.05) is 33.3 Å². The number of aromatic nitrogens is 2. The van der Waals surface area contributed by atoms with Crippen LogP contribution in [-0.2, 0) is 0 Å². The zero-order valence-electron chi connectivity index (χ0n) is 29.6. The summed E-state index contributed by atoms with van der Waals surface area (Å²) >= 11 is 3.55. The van der Waals surface area contributed by atoms with Crippen LogP contribution in [0, 0.1) is 0 Å². The molecule has 0 saturated heterocycles. The van der Waals surface area contributed by atoms with Crippen molar-refractivity contribution in [2.24, 2.45) is 0 Å². The molecule has 0 amide bonds. The summed E-state index contributed by atoms with van der Waals surface area (Å²) in [6, 6.07) is 63.7. The number of pyridine rings is 2. The standard InChI is InChI=1S/C50H32N2OS2/c1-5-13-33(14-6-1)39-25-41(47-49-37(21-23-51-47)31-45(54-49)35-17-9-3-10-18-35)29-43(27-39)53-44-28-40(34-15-7-2-8-16-34)26-42(30-44)48-50-38(22-24-52-48)32-46(55-50)36-19-11-4-12-20-36/h1-32H. The number of ether oxygens (including phenoxy) is 1. The first-order valence-corrected chi connectivity index (χ1v) is 19.8. The molecular weight excluding hydrogens is 709 g/mol. The number of fused-ring (bicyclic) bond motifs is 2. The first-order valence-electron chi connectivity index (χ1n) is 18.2. The Kier molecular flexibility index (Phi) is 8.56. The highest BCUT2D eigenvalue weighted by atomic mass is 32.1. The number of benzene rings is 6. The SMILES string of the molecule is c1ccc(-c2cc(Oc3cc(-c4ccccc4)cc(-c4nccc5cc(-c6ccccc6)sc45)c3)cc(-c3nccc4cc(-c5ccccc5)sc34)c2)cc1. The Morgan fingerprint density at radius 2 is 0.691 bits per heavy atom. The molecule has 0 aliphatic carbocycles. The van der Waals surface area contributed by atoms with Crippen molar-refractivity contribution < 1.29 is 4.74 Å². The average Bonchev–Trinajstić information content (AvgIpc) is 3.90. The van der Waals surface area contributed by atoms with Gasteiger partial charge < -0.3 is 4.74 Å². The average molecular weight is 741 g/mol. The highest BCUT2D eigenvalue weighted by Crippen LogP contribution is 2.43. The van der Waals surface area contributed by atoms with Gasteiger partial charge in [-0.2, -0.15) is 0 Å². The molecule has 260 valence electrons. The second kappa shape index (κ2) is 14.3. The molecule has 0 bridgehead atoms. The molecule has 0 unspecified atom stereocenters. The van der Waals surface area contributed by atoms with Crippen LogP contribution in [0.2, 0.25) is 0 Å². The zero-order valence-corrected chi connectivity index (χ0v) is 31.2. The maximum Gasteiger partial charge on any atom is 0.128 e. The van der Waals surface area contributed by atoms with Crippen LogP contribution in [0.1, 0.15) is 0 Å². The molecule has 0 aliphatic rings. The van der Waals surface area contributed by atoms with Gasteiger partial charge in [-0.1, -0.05) is 121 Å². The van der Waals surface area contributed by atoms with Crippen molar-refractivity contribution in [2.45, 2.75) is 0 Å². The molecule has 0 saturated carbocycles. The van der Waals surface area contributed by atoms with Crippen molar-refractivity contribution in [3.05, 3.63) is 194 Å². The molecule has 6 aromatic carbocycles. The Morgan fingerprint density at radius 1 is 0.327 bits per heavy atom. The fraction of sp³-hybridized carbons (Fsp3) is 0. The number of rotatable bonds is 8. The molecule has 10 rings (SSSR count). The molecule has 10 aromatic rings. The van der Waals surface area contributed by atoms with Crippen LogP contribution < -0.4 is 4.74 Å². The van der Waals surface area contributed by atoms with E-state index >= 15 is 0 Å². The summed E-state index contributed by atoms with van der Waals surface area (Å²) < 4.78 is 9.25. The van der Waals surface area contributed by atoms with Crippen LogP contribution in [0.3, 0.4) is 0 Å². The predicted molar refractivity (Wildman–Crippen MR) is 232 cm³/mol. The Morgan fingerprint density at radius 3 is 1.09 bits per heavy atom. The minimum Gasteiger partial charge on any atom is -0.457 e. The molecule has 5 heteroatoms. The zero-order chi connectivity index (χ0) is 36.6. The van der Waals surface area contributed by atoms with Crippen LogP contribution in [0.15, 0.2) is 194 Å². The van der Waals surface area contributed by atoms with Crippen LogP contribution in [0.25, 0.3) is 85.8 Å². The third-order valence-corrected chi connectivity index (χ3v) is 12.2. The number of hydrogen-bond donors (Lipinski definition) is 0. The molecule has 0 spiro atoms. The van der Waals surface area contributed by atoms with E-state index in [1.807, 2.05) is 24.5 Å². The van der Waals surface area contributed by atoms with Crippen LogP contribution >= 0.6 is 22.7 Å². The smallest absolute Gasteiger partial charge is 0.128 e. The second-order valence-corrected chi connectivity index (χ2v) is 15.5. The number of hydrogen-bond acceptors (Lipinski definition) is 5. The van der Waals surface area contributed by atoms with Gasteiger partial charge in [0.15, 0.2) is 0 Å². The van der Waals surface area contributed by atoms with E-state index in [9.17, 15) is 0 Å². The summed E-state index contributed by atoms with van der Waals surface area (Å²) in [5.41, 5.74) is 10.6. The maximum absolute atomic E-state index is 6.95. The number of thiophene rings is 2. The molecule has 4 aromatic heterocycles. The van der Waals surface area contributed by atoms with Crippen LogP contribution in [0.5, 0.6) is 11.5 Å². The summed E-state index contributed by atoms with van der Waals surface area (Å²) in [6.45, 7) is 0. The Labute approximate surface area is 327 Å². The molecule has 3 nitrogen and oxygen atoms in total. The molecule has 0 fully saturated rings. The number of nitrogens with zero attached hydrogens (tertiary/aromatic N) is 2. The summed E-state index contributed by atoms with van der Waals surface area (Å²) in [6.07, 6.45) is 3.82. The molecule has 0 N–H and O–H groups in total. The third-order valence-electron chi connectivity index (χ3n) is 9.79. The van der Waals surface area contributed by atoms with E-state index in [0.29, 0.717) is 0 Å². The highest BCUT2D eigenvalue weighted by molar-refractivity contribution is 7.23. The normalized spacial score (nSPS) is 11.3. The molecule has 55 heavy (non-hydrogen) atoms. The van der Waals surface area contributed by atoms with Crippen molar-refractivity contribution in [1.82, 2.24) is 9.97 Å². The Bertz CT molecular complexity index is 2740. The first kappa shape index (κ1) is 32.9. The van der Waals surface area contributed by atoms with E-state index in [4.69, 9.17) is 14.7 Å². The van der Waals surface area contributed by atoms with Gasteiger partial charge in [0.1, 0.15) is 11.5 Å². The minimum atomic E-state index is 0.736. The van der Waals surface area contributed by atoms with E-state index in [-0.39, 0.29) is 0 Å². The third kappa shape index (κ3) is 6.61. The highest BCUT2D eigenvalue weighted by Gasteiger charge is 2.17. The molecule has 0 aliphatic heterocycles. The van der Waals surface area contributed by atoms with E-state index in [0.717, 1.165) is 65.7 Å². The minimum absolute atomic E-state index is 0.736. The van der Waals surface area contributed by atoms with Gasteiger partial charge in [-0.25, -0.2) is 0 Å². The van der Waals surface area contributed by atoms with Crippen LogP contribution in [0.4, 0.5) is 0 Å². The van der Waals surface area contributed by atoms with Gasteiger partial charge in [-0.05, 0) is 105 Å². The van der Waals surface area contributed by atoms with E-state index < -0.39 is 0 Å². The fourth-order valence-electron chi connectivity index (χ4n) is 7.15.